The van der Waals surface area contributed by atoms with E-state index in [4.69, 9.17) is 5.11 Å². The lowest BCUT2D eigenvalue weighted by atomic mass is 10.1. The highest BCUT2D eigenvalue weighted by Crippen LogP contribution is 2.25. The van der Waals surface area contributed by atoms with Gasteiger partial charge in [0.15, 0.2) is 0 Å². The second-order valence-electron chi connectivity index (χ2n) is 4.85. The Bertz CT molecular complexity index is 877. The monoisotopic (exact) mass is 349 g/mol. The van der Waals surface area contributed by atoms with Gasteiger partial charge in [-0.1, -0.05) is 18.2 Å². The van der Waals surface area contributed by atoms with E-state index < -0.39 is 22.0 Å². The number of aromatic carboxylic acids is 1. The van der Waals surface area contributed by atoms with Gasteiger partial charge in [-0.2, -0.15) is 0 Å². The summed E-state index contributed by atoms with van der Waals surface area (Å²) in [6.07, 6.45) is 0. The molecule has 7 nitrogen and oxygen atoms in total. The molecule has 24 heavy (non-hydrogen) atoms. The maximum atomic E-state index is 12.6. The van der Waals surface area contributed by atoms with Crippen LogP contribution in [0, 0.1) is 0 Å². The van der Waals surface area contributed by atoms with Crippen LogP contribution in [0.4, 0.5) is 5.69 Å². The van der Waals surface area contributed by atoms with Gasteiger partial charge in [-0.3, -0.25) is 4.31 Å². The lowest BCUT2D eigenvalue weighted by Gasteiger charge is -2.20. The first-order valence-electron chi connectivity index (χ1n) is 6.78. The average Bonchev–Trinajstić information content (AvgIpc) is 2.60. The van der Waals surface area contributed by atoms with Crippen molar-refractivity contribution in [3.63, 3.8) is 0 Å². The molecule has 0 heterocycles. The van der Waals surface area contributed by atoms with Crippen LogP contribution in [-0.2, 0) is 14.8 Å². The predicted molar refractivity (Wildman–Crippen MR) is 86.8 cm³/mol. The highest BCUT2D eigenvalue weighted by Gasteiger charge is 2.23. The Morgan fingerprint density at radius 2 is 1.62 bits per heavy atom. The van der Waals surface area contributed by atoms with Gasteiger partial charge < -0.3 is 9.84 Å². The lowest BCUT2D eigenvalue weighted by molar-refractivity contribution is 0.0600. The number of hydrogen-bond acceptors (Lipinski definition) is 5. The van der Waals surface area contributed by atoms with Crippen molar-refractivity contribution in [2.75, 3.05) is 18.5 Å². The van der Waals surface area contributed by atoms with E-state index in [1.807, 2.05) is 0 Å². The molecule has 0 atom stereocenters. The summed E-state index contributed by atoms with van der Waals surface area (Å²) in [5.74, 6) is -2.04. The van der Waals surface area contributed by atoms with Crippen LogP contribution in [0.3, 0.4) is 0 Å². The molecular formula is C16H15NO6S. The molecule has 0 saturated heterocycles. The number of benzene rings is 2. The van der Waals surface area contributed by atoms with E-state index in [0.29, 0.717) is 0 Å². The number of rotatable bonds is 5. The zero-order valence-corrected chi connectivity index (χ0v) is 13.8. The summed E-state index contributed by atoms with van der Waals surface area (Å²) in [5, 5.41) is 9.17. The second-order valence-corrected chi connectivity index (χ2v) is 6.82. The van der Waals surface area contributed by atoms with Crippen LogP contribution in [0.5, 0.6) is 0 Å². The summed E-state index contributed by atoms with van der Waals surface area (Å²) in [6.45, 7) is 0. The lowest BCUT2D eigenvalue weighted by Crippen LogP contribution is -2.27. The van der Waals surface area contributed by atoms with Gasteiger partial charge in [0, 0.05) is 7.05 Å². The van der Waals surface area contributed by atoms with Crippen molar-refractivity contribution in [2.24, 2.45) is 0 Å². The molecule has 0 amide bonds. The fourth-order valence-electron chi connectivity index (χ4n) is 2.04. The van der Waals surface area contributed by atoms with Gasteiger partial charge in [-0.05, 0) is 30.3 Å². The molecule has 0 unspecified atom stereocenters. The molecule has 0 aliphatic carbocycles. The van der Waals surface area contributed by atoms with Crippen molar-refractivity contribution >= 4 is 27.6 Å². The Morgan fingerprint density at radius 3 is 2.17 bits per heavy atom. The Labute approximate surface area is 139 Å². The quantitative estimate of drug-likeness (QED) is 0.829. The molecule has 2 aromatic rings. The normalized spacial score (nSPS) is 10.9. The van der Waals surface area contributed by atoms with Gasteiger partial charge in [0.1, 0.15) is 0 Å². The second kappa shape index (κ2) is 6.71. The van der Waals surface area contributed by atoms with E-state index >= 15 is 0 Å². The van der Waals surface area contributed by atoms with E-state index in [1.54, 1.807) is 18.2 Å². The number of carboxylic acids is 1. The summed E-state index contributed by atoms with van der Waals surface area (Å²) in [4.78, 5) is 23.0. The maximum Gasteiger partial charge on any atom is 0.337 e. The minimum absolute atomic E-state index is 0.0409. The number of esters is 1. The largest absolute Gasteiger partial charge is 0.478 e. The number of sulfonamides is 1. The van der Waals surface area contributed by atoms with Gasteiger partial charge in [-0.15, -0.1) is 0 Å². The number of carbonyl (C=O) groups excluding carboxylic acids is 1. The van der Waals surface area contributed by atoms with Crippen molar-refractivity contribution in [2.45, 2.75) is 4.90 Å². The Morgan fingerprint density at radius 1 is 1.04 bits per heavy atom. The molecule has 0 aliphatic rings. The van der Waals surface area contributed by atoms with Crippen molar-refractivity contribution in [3.05, 3.63) is 59.7 Å². The number of nitrogens with zero attached hydrogens (tertiary/aromatic N) is 1. The molecule has 0 aromatic heterocycles. The highest BCUT2D eigenvalue weighted by atomic mass is 32.2. The fraction of sp³-hybridized carbons (Fsp3) is 0.125. The van der Waals surface area contributed by atoms with Crippen LogP contribution in [0.25, 0.3) is 0 Å². The molecule has 8 heteroatoms. The molecule has 126 valence electrons. The topological polar surface area (TPSA) is 101 Å². The van der Waals surface area contributed by atoms with Crippen molar-refractivity contribution in [1.82, 2.24) is 0 Å². The number of carboxylic acid groups (broad SMARTS) is 1. The van der Waals surface area contributed by atoms with Gasteiger partial charge in [-0.25, -0.2) is 18.0 Å². The Kier molecular flexibility index (Phi) is 4.89. The molecule has 1 N–H and O–H groups in total. The predicted octanol–water partition coefficient (Wildman–Crippen LogP) is 2.00. The SMILES string of the molecule is COC(=O)c1cc(C(=O)O)cc(N(C)S(=O)(=O)c2ccccc2)c1. The van der Waals surface area contributed by atoms with Crippen LogP contribution >= 0.6 is 0 Å². The highest BCUT2D eigenvalue weighted by molar-refractivity contribution is 7.92. The van der Waals surface area contributed by atoms with E-state index in [1.165, 1.54) is 31.3 Å². The smallest absolute Gasteiger partial charge is 0.337 e. The first kappa shape index (κ1) is 17.5. The van der Waals surface area contributed by atoms with E-state index in [2.05, 4.69) is 4.74 Å². The minimum Gasteiger partial charge on any atom is -0.478 e. The minimum atomic E-state index is -3.90. The molecule has 0 aliphatic heterocycles. The Balaban J connectivity index is 2.56. The van der Waals surface area contributed by atoms with Crippen molar-refractivity contribution < 1.29 is 27.9 Å². The number of anilines is 1. The summed E-state index contributed by atoms with van der Waals surface area (Å²) in [5.41, 5.74) is -0.232. The number of ether oxygens (including phenoxy) is 1. The first-order chi connectivity index (χ1) is 11.3. The van der Waals surface area contributed by atoms with E-state index in [9.17, 15) is 18.0 Å². The van der Waals surface area contributed by atoms with Gasteiger partial charge in [0.05, 0.1) is 28.8 Å². The number of hydrogen-bond donors (Lipinski definition) is 1. The molecule has 0 fully saturated rings. The third-order valence-electron chi connectivity index (χ3n) is 3.35. The molecule has 0 radical (unpaired) electrons. The molecule has 0 saturated carbocycles. The van der Waals surface area contributed by atoms with Gasteiger partial charge in [0.2, 0.25) is 0 Å². The van der Waals surface area contributed by atoms with Crippen LogP contribution in [0.2, 0.25) is 0 Å². The van der Waals surface area contributed by atoms with Crippen LogP contribution in [-0.4, -0.2) is 39.6 Å². The number of methoxy groups -OCH3 is 1. The zero-order valence-electron chi connectivity index (χ0n) is 13.0. The summed E-state index contributed by atoms with van der Waals surface area (Å²) >= 11 is 0. The molecule has 0 bridgehead atoms. The van der Waals surface area contributed by atoms with E-state index in [0.717, 1.165) is 17.5 Å². The van der Waals surface area contributed by atoms with Crippen LogP contribution < -0.4 is 4.31 Å². The van der Waals surface area contributed by atoms with Crippen LogP contribution in [0.15, 0.2) is 53.4 Å². The van der Waals surface area contributed by atoms with Crippen LogP contribution in [0.1, 0.15) is 20.7 Å². The molecular weight excluding hydrogens is 334 g/mol. The molecule has 0 spiro atoms. The molecule has 2 aromatic carbocycles. The third-order valence-corrected chi connectivity index (χ3v) is 5.15. The Hall–Kier alpha value is -2.87. The fourth-order valence-corrected chi connectivity index (χ4v) is 3.24. The first-order valence-corrected chi connectivity index (χ1v) is 8.22. The van der Waals surface area contributed by atoms with E-state index in [-0.39, 0.29) is 21.7 Å². The standard InChI is InChI=1S/C16H15NO6S/c1-17(24(21,22)14-6-4-3-5-7-14)13-9-11(15(18)19)8-12(10-13)16(20)23-2/h3-10H,1-2H3,(H,18,19). The maximum absolute atomic E-state index is 12.6. The number of carbonyl (C=O) groups is 2. The zero-order chi connectivity index (χ0) is 17.9. The summed E-state index contributed by atoms with van der Waals surface area (Å²) in [6, 6.07) is 11.2. The van der Waals surface area contributed by atoms with Gasteiger partial charge in [0.25, 0.3) is 10.0 Å². The molecule has 2 rings (SSSR count). The third kappa shape index (κ3) is 3.38. The van der Waals surface area contributed by atoms with Crippen molar-refractivity contribution in [3.8, 4) is 0 Å². The summed E-state index contributed by atoms with van der Waals surface area (Å²) in [7, 11) is -1.46. The average molecular weight is 349 g/mol. The van der Waals surface area contributed by atoms with Crippen molar-refractivity contribution in [1.29, 1.82) is 0 Å². The van der Waals surface area contributed by atoms with Gasteiger partial charge >= 0.3 is 11.9 Å². The summed E-state index contributed by atoms with van der Waals surface area (Å²) < 4.78 is 30.7.